The van der Waals surface area contributed by atoms with E-state index in [4.69, 9.17) is 0 Å². The summed E-state index contributed by atoms with van der Waals surface area (Å²) in [4.78, 5) is 10.3. The molecule has 0 saturated carbocycles. The van der Waals surface area contributed by atoms with Crippen molar-refractivity contribution in [1.82, 2.24) is 5.32 Å². The topological polar surface area (TPSA) is 36.8 Å². The van der Waals surface area contributed by atoms with Gasteiger partial charge < -0.3 is 5.32 Å². The molecule has 3 nitrogen and oxygen atoms in total. The maximum Gasteiger partial charge on any atom is 0.146 e. The first-order valence-electron chi connectivity index (χ1n) is 7.16. The number of unbranched alkanes of at least 4 members (excludes halogenated alkanes) is 3. The summed E-state index contributed by atoms with van der Waals surface area (Å²) in [6.45, 7) is 6.28. The van der Waals surface area contributed by atoms with E-state index in [0.717, 1.165) is 18.1 Å². The lowest BCUT2D eigenvalue weighted by Gasteiger charge is -2.17. The van der Waals surface area contributed by atoms with Gasteiger partial charge in [0, 0.05) is 0 Å². The first-order valence-corrected chi connectivity index (χ1v) is 8.04. The molecule has 2 rings (SSSR count). The predicted molar refractivity (Wildman–Crippen MR) is 84.4 cm³/mol. The molecule has 0 aromatic carbocycles. The summed E-state index contributed by atoms with van der Waals surface area (Å²) in [6, 6.07) is 2.24. The molecule has 0 saturated heterocycles. The van der Waals surface area contributed by atoms with Gasteiger partial charge in [0.25, 0.3) is 0 Å². The van der Waals surface area contributed by atoms with Crippen LogP contribution in [0.1, 0.15) is 56.9 Å². The molecule has 1 aliphatic rings. The fourth-order valence-corrected chi connectivity index (χ4v) is 3.24. The van der Waals surface area contributed by atoms with Crippen LogP contribution >= 0.6 is 11.3 Å². The highest BCUT2D eigenvalue weighted by Gasteiger charge is 2.16. The number of amidine groups is 2. The summed E-state index contributed by atoms with van der Waals surface area (Å²) in [5.41, 5.74) is 1.43. The van der Waals surface area contributed by atoms with Gasteiger partial charge in [-0.3, -0.25) is 0 Å². The van der Waals surface area contributed by atoms with E-state index in [2.05, 4.69) is 33.7 Å². The Morgan fingerprint density at radius 3 is 2.84 bits per heavy atom. The van der Waals surface area contributed by atoms with Crippen molar-refractivity contribution in [2.75, 3.05) is 0 Å². The van der Waals surface area contributed by atoms with E-state index in [1.54, 1.807) is 11.3 Å². The molecule has 0 spiro atoms. The van der Waals surface area contributed by atoms with Gasteiger partial charge in [0.05, 0.1) is 4.88 Å². The zero-order chi connectivity index (χ0) is 13.7. The number of nitrogens with zero attached hydrogens (tertiary/aromatic N) is 2. The lowest BCUT2D eigenvalue weighted by atomic mass is 10.1. The maximum atomic E-state index is 4.61. The first-order chi connectivity index (χ1) is 9.20. The van der Waals surface area contributed by atoms with Crippen LogP contribution in [0.5, 0.6) is 0 Å². The Kier molecular flexibility index (Phi) is 5.14. The van der Waals surface area contributed by atoms with Crippen LogP contribution in [0.3, 0.4) is 0 Å². The fraction of sp³-hybridized carbons (Fsp3) is 0.600. The second kappa shape index (κ2) is 6.85. The number of aliphatic imine (C=N–C) groups is 2. The van der Waals surface area contributed by atoms with Gasteiger partial charge >= 0.3 is 0 Å². The van der Waals surface area contributed by atoms with Gasteiger partial charge in [0.2, 0.25) is 0 Å². The molecule has 0 radical (unpaired) electrons. The maximum absolute atomic E-state index is 4.61. The highest BCUT2D eigenvalue weighted by Crippen LogP contribution is 2.21. The normalized spacial score (nSPS) is 18.8. The largest absolute Gasteiger partial charge is 0.328 e. The molecule has 1 N–H and O–H groups in total. The summed E-state index contributed by atoms with van der Waals surface area (Å²) in [5, 5.41) is 5.47. The second-order valence-electron chi connectivity index (χ2n) is 5.03. The SMILES string of the molecule is CCCCCCc1ccsc1C1=NC(C)N=C(C)N1. The predicted octanol–water partition coefficient (Wildman–Crippen LogP) is 3.99. The Morgan fingerprint density at radius 2 is 2.11 bits per heavy atom. The first kappa shape index (κ1) is 14.3. The van der Waals surface area contributed by atoms with Crippen molar-refractivity contribution in [3.63, 3.8) is 0 Å². The van der Waals surface area contributed by atoms with Crippen molar-refractivity contribution in [2.45, 2.75) is 59.0 Å². The summed E-state index contributed by atoms with van der Waals surface area (Å²) >= 11 is 1.78. The van der Waals surface area contributed by atoms with Crippen molar-refractivity contribution in [2.24, 2.45) is 9.98 Å². The zero-order valence-corrected chi connectivity index (χ0v) is 12.9. The Morgan fingerprint density at radius 1 is 1.26 bits per heavy atom. The molecule has 1 aliphatic heterocycles. The van der Waals surface area contributed by atoms with Gasteiger partial charge in [-0.2, -0.15) is 0 Å². The standard InChI is InChI=1S/C15H23N3S/c1-4-5-6-7-8-13-9-10-19-14(13)15-17-11(2)16-12(3)18-15/h9-11H,4-8H2,1-3H3,(H,16,17,18). The summed E-state index contributed by atoms with van der Waals surface area (Å²) in [7, 11) is 0. The van der Waals surface area contributed by atoms with Crippen LogP contribution in [-0.4, -0.2) is 17.8 Å². The van der Waals surface area contributed by atoms with Crippen LogP contribution < -0.4 is 5.32 Å². The third-order valence-corrected chi connectivity index (χ3v) is 4.22. The van der Waals surface area contributed by atoms with E-state index >= 15 is 0 Å². The summed E-state index contributed by atoms with van der Waals surface area (Å²) < 4.78 is 0. The molecule has 2 heterocycles. The van der Waals surface area contributed by atoms with Gasteiger partial charge in [-0.25, -0.2) is 9.98 Å². The monoisotopic (exact) mass is 277 g/mol. The Balaban J connectivity index is 2.03. The number of thiophene rings is 1. The second-order valence-corrected chi connectivity index (χ2v) is 5.95. The highest BCUT2D eigenvalue weighted by atomic mass is 32.1. The van der Waals surface area contributed by atoms with Crippen LogP contribution in [0.15, 0.2) is 21.4 Å². The Bertz CT molecular complexity index is 473. The van der Waals surface area contributed by atoms with E-state index in [-0.39, 0.29) is 6.17 Å². The number of rotatable bonds is 6. The molecule has 4 heteroatoms. The van der Waals surface area contributed by atoms with Crippen LogP contribution in [0.25, 0.3) is 0 Å². The van der Waals surface area contributed by atoms with E-state index in [1.807, 2.05) is 13.8 Å². The quantitative estimate of drug-likeness (QED) is 0.784. The van der Waals surface area contributed by atoms with Gasteiger partial charge in [0.15, 0.2) is 0 Å². The van der Waals surface area contributed by atoms with Crippen molar-refractivity contribution in [3.05, 3.63) is 21.9 Å². The molecule has 104 valence electrons. The Hall–Kier alpha value is -1.16. The van der Waals surface area contributed by atoms with Gasteiger partial charge in [-0.15, -0.1) is 11.3 Å². The molecule has 0 aliphatic carbocycles. The number of nitrogens with one attached hydrogen (secondary N) is 1. The van der Waals surface area contributed by atoms with Crippen molar-refractivity contribution >= 4 is 23.0 Å². The summed E-state index contributed by atoms with van der Waals surface area (Å²) in [6.07, 6.45) is 6.41. The molecule has 0 fully saturated rings. The van der Waals surface area contributed by atoms with Crippen LogP contribution in [0.2, 0.25) is 0 Å². The average molecular weight is 277 g/mol. The summed E-state index contributed by atoms with van der Waals surface area (Å²) in [5.74, 6) is 1.96. The fourth-order valence-electron chi connectivity index (χ4n) is 2.33. The molecular weight excluding hydrogens is 254 g/mol. The minimum atomic E-state index is 0.0336. The van der Waals surface area contributed by atoms with Crippen molar-refractivity contribution in [1.29, 1.82) is 0 Å². The zero-order valence-electron chi connectivity index (χ0n) is 12.1. The number of hydrogen-bond donors (Lipinski definition) is 1. The minimum absolute atomic E-state index is 0.0336. The number of hydrogen-bond acceptors (Lipinski definition) is 4. The lowest BCUT2D eigenvalue weighted by molar-refractivity contribution is 0.667. The molecule has 1 atom stereocenters. The van der Waals surface area contributed by atoms with E-state index < -0.39 is 0 Å². The van der Waals surface area contributed by atoms with Crippen LogP contribution in [0, 0.1) is 0 Å². The molecule has 1 aromatic rings. The molecule has 0 bridgehead atoms. The smallest absolute Gasteiger partial charge is 0.146 e. The van der Waals surface area contributed by atoms with E-state index in [9.17, 15) is 0 Å². The molecule has 1 aromatic heterocycles. The minimum Gasteiger partial charge on any atom is -0.328 e. The lowest BCUT2D eigenvalue weighted by Crippen LogP contribution is -2.34. The highest BCUT2D eigenvalue weighted by molar-refractivity contribution is 7.12. The van der Waals surface area contributed by atoms with E-state index in [1.165, 1.54) is 36.1 Å². The van der Waals surface area contributed by atoms with Gasteiger partial charge in [0.1, 0.15) is 17.8 Å². The third kappa shape index (κ3) is 3.90. The van der Waals surface area contributed by atoms with Crippen LogP contribution in [-0.2, 0) is 6.42 Å². The van der Waals surface area contributed by atoms with E-state index in [0.29, 0.717) is 0 Å². The molecular formula is C15H23N3S. The van der Waals surface area contributed by atoms with Crippen molar-refractivity contribution < 1.29 is 0 Å². The molecule has 19 heavy (non-hydrogen) atoms. The van der Waals surface area contributed by atoms with Crippen molar-refractivity contribution in [3.8, 4) is 0 Å². The average Bonchev–Trinajstić information content (AvgIpc) is 2.82. The van der Waals surface area contributed by atoms with Crippen LogP contribution in [0.4, 0.5) is 0 Å². The van der Waals surface area contributed by atoms with Gasteiger partial charge in [-0.05, 0) is 43.7 Å². The van der Waals surface area contributed by atoms with Gasteiger partial charge in [-0.1, -0.05) is 26.2 Å². The molecule has 1 unspecified atom stereocenters. The third-order valence-electron chi connectivity index (χ3n) is 3.26. The number of aryl methyl sites for hydroxylation is 1. The Labute approximate surface area is 119 Å². The molecule has 0 amide bonds.